The summed E-state index contributed by atoms with van der Waals surface area (Å²) in [5.41, 5.74) is 1.09. The highest BCUT2D eigenvalue weighted by Crippen LogP contribution is 2.07. The molecule has 0 atom stereocenters. The first-order valence-corrected chi connectivity index (χ1v) is 3.47. The molecule has 0 saturated carbocycles. The first-order chi connectivity index (χ1) is 5.11. The Morgan fingerprint density at radius 2 is 2.18 bits per heavy atom. The number of pyridine rings is 1. The van der Waals surface area contributed by atoms with E-state index in [4.69, 9.17) is 21.6 Å². The number of nitrogens with zero attached hydrogens (tertiary/aromatic N) is 1. The molecule has 5 heteroatoms. The van der Waals surface area contributed by atoms with E-state index in [1.165, 1.54) is 6.20 Å². The molecular formula is C6H7BClNO2. The number of halogens is 1. The monoisotopic (exact) mass is 171 g/mol. The number of hydrogen-bond acceptors (Lipinski definition) is 3. The fourth-order valence-corrected chi connectivity index (χ4v) is 0.824. The lowest BCUT2D eigenvalue weighted by Crippen LogP contribution is -2.30. The second-order valence-corrected chi connectivity index (χ2v) is 2.61. The molecule has 0 aliphatic carbocycles. The summed E-state index contributed by atoms with van der Waals surface area (Å²) in [4.78, 5) is 3.75. The Hall–Kier alpha value is -0.575. The van der Waals surface area contributed by atoms with Gasteiger partial charge in [0.15, 0.2) is 0 Å². The minimum absolute atomic E-state index is 0.354. The Bertz CT molecular complexity index is 267. The van der Waals surface area contributed by atoms with Crippen molar-refractivity contribution in [3.8, 4) is 0 Å². The average Bonchev–Trinajstić information content (AvgIpc) is 1.94. The Morgan fingerprint density at radius 1 is 1.55 bits per heavy atom. The van der Waals surface area contributed by atoms with Crippen LogP contribution in [0.25, 0.3) is 0 Å². The van der Waals surface area contributed by atoms with Crippen molar-refractivity contribution in [1.82, 2.24) is 4.98 Å². The molecule has 2 N–H and O–H groups in total. The van der Waals surface area contributed by atoms with E-state index in [-0.39, 0.29) is 0 Å². The van der Waals surface area contributed by atoms with Crippen molar-refractivity contribution in [3.63, 3.8) is 0 Å². The van der Waals surface area contributed by atoms with Gasteiger partial charge in [-0.1, -0.05) is 17.7 Å². The van der Waals surface area contributed by atoms with Crippen molar-refractivity contribution in [2.24, 2.45) is 0 Å². The van der Waals surface area contributed by atoms with E-state index < -0.39 is 7.12 Å². The lowest BCUT2D eigenvalue weighted by Gasteiger charge is -2.00. The van der Waals surface area contributed by atoms with Crippen molar-refractivity contribution in [2.75, 3.05) is 0 Å². The molecule has 0 unspecified atom stereocenters. The molecule has 1 heterocycles. The van der Waals surface area contributed by atoms with Crippen LogP contribution in [0.4, 0.5) is 0 Å². The summed E-state index contributed by atoms with van der Waals surface area (Å²) in [6, 6.07) is 1.58. The SMILES string of the molecule is Cc1cc(B(O)O)cnc1Cl. The lowest BCUT2D eigenvalue weighted by molar-refractivity contribution is 0.425. The molecule has 1 aromatic heterocycles. The zero-order valence-corrected chi connectivity index (χ0v) is 6.71. The summed E-state index contributed by atoms with van der Waals surface area (Å²) in [6.07, 6.45) is 1.33. The van der Waals surface area contributed by atoms with E-state index in [1.807, 2.05) is 0 Å². The molecule has 0 aromatic carbocycles. The quantitative estimate of drug-likeness (QED) is 0.451. The number of aromatic nitrogens is 1. The standard InChI is InChI=1S/C6H7BClNO2/c1-4-2-5(7(10)11)3-9-6(4)8/h2-3,10-11H,1H3. The second kappa shape index (κ2) is 3.22. The average molecular weight is 171 g/mol. The van der Waals surface area contributed by atoms with Crippen molar-refractivity contribution in [1.29, 1.82) is 0 Å². The van der Waals surface area contributed by atoms with Crippen LogP contribution in [0.1, 0.15) is 5.56 Å². The summed E-state index contributed by atoms with van der Waals surface area (Å²) in [5.74, 6) is 0. The van der Waals surface area contributed by atoms with Crippen molar-refractivity contribution in [3.05, 3.63) is 23.0 Å². The van der Waals surface area contributed by atoms with Gasteiger partial charge in [0, 0.05) is 11.7 Å². The third kappa shape index (κ3) is 1.93. The van der Waals surface area contributed by atoms with Gasteiger partial charge in [0.1, 0.15) is 5.15 Å². The topological polar surface area (TPSA) is 53.4 Å². The van der Waals surface area contributed by atoms with Crippen LogP contribution >= 0.6 is 11.6 Å². The number of aryl methyl sites for hydroxylation is 1. The molecular weight excluding hydrogens is 164 g/mol. The van der Waals surface area contributed by atoms with Gasteiger partial charge >= 0.3 is 7.12 Å². The summed E-state index contributed by atoms with van der Waals surface area (Å²) < 4.78 is 0. The summed E-state index contributed by atoms with van der Waals surface area (Å²) in [5, 5.41) is 17.8. The van der Waals surface area contributed by atoms with Crippen LogP contribution in [-0.4, -0.2) is 22.2 Å². The Balaban J connectivity index is 3.05. The van der Waals surface area contributed by atoms with Gasteiger partial charge in [0.05, 0.1) is 0 Å². The highest BCUT2D eigenvalue weighted by atomic mass is 35.5. The first-order valence-electron chi connectivity index (χ1n) is 3.09. The van der Waals surface area contributed by atoms with Gasteiger partial charge in [-0.3, -0.25) is 0 Å². The van der Waals surface area contributed by atoms with Crippen LogP contribution in [0.3, 0.4) is 0 Å². The van der Waals surface area contributed by atoms with Crippen LogP contribution < -0.4 is 5.46 Å². The van der Waals surface area contributed by atoms with Crippen LogP contribution in [0.5, 0.6) is 0 Å². The summed E-state index contributed by atoms with van der Waals surface area (Å²) >= 11 is 5.61. The second-order valence-electron chi connectivity index (χ2n) is 2.25. The van der Waals surface area contributed by atoms with Crippen molar-refractivity contribution < 1.29 is 10.0 Å². The van der Waals surface area contributed by atoms with Crippen LogP contribution in [-0.2, 0) is 0 Å². The Labute approximate surface area is 69.8 Å². The summed E-state index contributed by atoms with van der Waals surface area (Å²) in [7, 11) is -1.47. The van der Waals surface area contributed by atoms with E-state index in [0.29, 0.717) is 10.6 Å². The molecule has 0 amide bonds. The van der Waals surface area contributed by atoms with E-state index in [9.17, 15) is 0 Å². The molecule has 58 valence electrons. The molecule has 0 aliphatic rings. The molecule has 0 saturated heterocycles. The third-order valence-corrected chi connectivity index (χ3v) is 1.73. The predicted molar refractivity (Wildman–Crippen MR) is 43.8 cm³/mol. The highest BCUT2D eigenvalue weighted by Gasteiger charge is 2.11. The largest absolute Gasteiger partial charge is 0.490 e. The van der Waals surface area contributed by atoms with Gasteiger partial charge in [-0.15, -0.1) is 0 Å². The molecule has 0 aliphatic heterocycles. The maximum Gasteiger partial charge on any atom is 0.490 e. The third-order valence-electron chi connectivity index (χ3n) is 1.33. The van der Waals surface area contributed by atoms with E-state index in [1.54, 1.807) is 13.0 Å². The predicted octanol–water partition coefficient (Wildman–Crippen LogP) is -0.277. The zero-order valence-electron chi connectivity index (χ0n) is 5.95. The van der Waals surface area contributed by atoms with Crippen LogP contribution in [0.2, 0.25) is 5.15 Å². The molecule has 3 nitrogen and oxygen atoms in total. The van der Waals surface area contributed by atoms with Crippen molar-refractivity contribution in [2.45, 2.75) is 6.92 Å². The minimum atomic E-state index is -1.47. The first kappa shape index (κ1) is 8.52. The van der Waals surface area contributed by atoms with Crippen LogP contribution in [0.15, 0.2) is 12.3 Å². The van der Waals surface area contributed by atoms with Gasteiger partial charge < -0.3 is 10.0 Å². The maximum atomic E-state index is 8.71. The summed E-state index contributed by atoms with van der Waals surface area (Å²) in [6.45, 7) is 1.75. The maximum absolute atomic E-state index is 8.71. The van der Waals surface area contributed by atoms with E-state index >= 15 is 0 Å². The molecule has 1 rings (SSSR count). The van der Waals surface area contributed by atoms with E-state index in [2.05, 4.69) is 4.98 Å². The van der Waals surface area contributed by atoms with Gasteiger partial charge in [-0.2, -0.15) is 0 Å². The van der Waals surface area contributed by atoms with E-state index in [0.717, 1.165) is 5.56 Å². The molecule has 0 bridgehead atoms. The normalized spacial score (nSPS) is 9.82. The lowest BCUT2D eigenvalue weighted by atomic mass is 9.81. The molecule has 0 spiro atoms. The fraction of sp³-hybridized carbons (Fsp3) is 0.167. The fourth-order valence-electron chi connectivity index (χ4n) is 0.721. The van der Waals surface area contributed by atoms with Gasteiger partial charge in [-0.25, -0.2) is 4.98 Å². The number of hydrogen-bond donors (Lipinski definition) is 2. The zero-order chi connectivity index (χ0) is 8.43. The van der Waals surface area contributed by atoms with Crippen LogP contribution in [0, 0.1) is 6.92 Å². The van der Waals surface area contributed by atoms with Crippen molar-refractivity contribution >= 4 is 24.2 Å². The van der Waals surface area contributed by atoms with Gasteiger partial charge in [0.2, 0.25) is 0 Å². The smallest absolute Gasteiger partial charge is 0.423 e. The molecule has 1 aromatic rings. The highest BCUT2D eigenvalue weighted by molar-refractivity contribution is 6.58. The van der Waals surface area contributed by atoms with Gasteiger partial charge in [0.25, 0.3) is 0 Å². The number of rotatable bonds is 1. The minimum Gasteiger partial charge on any atom is -0.423 e. The molecule has 0 fully saturated rings. The molecule has 11 heavy (non-hydrogen) atoms. The molecule has 0 radical (unpaired) electrons. The van der Waals surface area contributed by atoms with Gasteiger partial charge in [-0.05, 0) is 12.5 Å². The Morgan fingerprint density at radius 3 is 2.64 bits per heavy atom. The Kier molecular flexibility index (Phi) is 2.49.